The molecule has 5 heterocycles. The maximum Gasteiger partial charge on any atom is 0.187 e. The summed E-state index contributed by atoms with van der Waals surface area (Å²) in [6.07, 6.45) is -11.3. The predicted molar refractivity (Wildman–Crippen MR) is 219 cm³/mol. The molecule has 9 N–H and O–H groups in total. The fourth-order valence-corrected chi connectivity index (χ4v) is 15.5. The Morgan fingerprint density at radius 1 is 0.683 bits per heavy atom. The lowest BCUT2D eigenvalue weighted by molar-refractivity contribution is -0.375. The van der Waals surface area contributed by atoms with Crippen molar-refractivity contribution >= 4 is 0 Å². The zero-order valence-corrected chi connectivity index (χ0v) is 37.8. The summed E-state index contributed by atoms with van der Waals surface area (Å²) in [5.41, 5.74) is -0.487. The minimum absolute atomic E-state index is 0.0626. The highest BCUT2D eigenvalue weighted by Crippen LogP contribution is 2.80. The number of rotatable bonds is 9. The van der Waals surface area contributed by atoms with Crippen LogP contribution in [0, 0.1) is 51.2 Å². The van der Waals surface area contributed by atoms with Crippen molar-refractivity contribution in [3.8, 4) is 0 Å². The van der Waals surface area contributed by atoms with Gasteiger partial charge in [-0.25, -0.2) is 0 Å². The highest BCUT2D eigenvalue weighted by atomic mass is 16.8. The summed E-state index contributed by atoms with van der Waals surface area (Å²) >= 11 is 0. The van der Waals surface area contributed by atoms with Gasteiger partial charge in [0.05, 0.1) is 44.7 Å². The molecule has 2 bridgehead atoms. The number of aliphatic hydroxyl groups excluding tert-OH is 8. The van der Waals surface area contributed by atoms with E-state index in [-0.39, 0.29) is 52.6 Å². The molecule has 17 heteroatoms. The molecule has 63 heavy (non-hydrogen) atoms. The summed E-state index contributed by atoms with van der Waals surface area (Å²) in [5.74, 6) is -0.140. The van der Waals surface area contributed by atoms with E-state index in [0.717, 1.165) is 44.1 Å². The number of fused-ring (bicyclic) bond motifs is 4. The molecular formula is C46H74O17. The second-order valence-corrected chi connectivity index (χ2v) is 22.4. The van der Waals surface area contributed by atoms with Gasteiger partial charge in [-0.2, -0.15) is 0 Å². The smallest absolute Gasteiger partial charge is 0.187 e. The zero-order chi connectivity index (χ0) is 45.4. The van der Waals surface area contributed by atoms with Gasteiger partial charge in [-0.05, 0) is 93.3 Å². The topological polar surface area (TPSA) is 256 Å². The Morgan fingerprint density at radius 3 is 1.97 bits per heavy atom. The van der Waals surface area contributed by atoms with Gasteiger partial charge in [-0.3, -0.25) is 0 Å². The van der Waals surface area contributed by atoms with E-state index in [1.165, 1.54) is 0 Å². The first kappa shape index (κ1) is 47.1. The van der Waals surface area contributed by atoms with Crippen molar-refractivity contribution in [1.29, 1.82) is 0 Å². The van der Waals surface area contributed by atoms with Crippen LogP contribution >= 0.6 is 0 Å². The number of hydrogen-bond acceptors (Lipinski definition) is 17. The highest BCUT2D eigenvalue weighted by molar-refractivity contribution is 5.27. The molecule has 5 saturated heterocycles. The third-order valence-electron chi connectivity index (χ3n) is 18.7. The molecule has 24 atom stereocenters. The van der Waals surface area contributed by atoms with Crippen LogP contribution in [0.3, 0.4) is 0 Å². The van der Waals surface area contributed by atoms with Gasteiger partial charge in [0.2, 0.25) is 0 Å². The van der Waals surface area contributed by atoms with Gasteiger partial charge in [0.1, 0.15) is 61.0 Å². The quantitative estimate of drug-likeness (QED) is 0.113. The predicted octanol–water partition coefficient (Wildman–Crippen LogP) is 0.463. The second-order valence-electron chi connectivity index (χ2n) is 22.4. The van der Waals surface area contributed by atoms with Crippen LogP contribution in [0.4, 0.5) is 0 Å². The molecule has 0 amide bonds. The largest absolute Gasteiger partial charge is 0.394 e. The summed E-state index contributed by atoms with van der Waals surface area (Å²) in [5, 5.41) is 96.9. The minimum Gasteiger partial charge on any atom is -0.394 e. The van der Waals surface area contributed by atoms with Crippen LogP contribution in [-0.2, 0) is 37.9 Å². The van der Waals surface area contributed by atoms with Gasteiger partial charge >= 0.3 is 0 Å². The maximum atomic E-state index is 12.4. The Kier molecular flexibility index (Phi) is 12.2. The lowest BCUT2D eigenvalue weighted by Gasteiger charge is -2.70. The van der Waals surface area contributed by atoms with Crippen molar-refractivity contribution in [1.82, 2.24) is 0 Å². The van der Waals surface area contributed by atoms with E-state index in [0.29, 0.717) is 25.6 Å². The van der Waals surface area contributed by atoms with Crippen molar-refractivity contribution in [2.45, 2.75) is 191 Å². The van der Waals surface area contributed by atoms with Crippen LogP contribution in [0.25, 0.3) is 0 Å². The summed E-state index contributed by atoms with van der Waals surface area (Å²) < 4.78 is 50.5. The molecule has 0 aromatic heterocycles. The van der Waals surface area contributed by atoms with E-state index in [2.05, 4.69) is 47.6 Å². The van der Waals surface area contributed by atoms with E-state index in [1.807, 2.05) is 6.92 Å². The van der Waals surface area contributed by atoms with E-state index in [9.17, 15) is 46.0 Å². The summed E-state index contributed by atoms with van der Waals surface area (Å²) in [7, 11) is 0. The Labute approximate surface area is 369 Å². The van der Waals surface area contributed by atoms with E-state index in [4.69, 9.17) is 37.9 Å². The van der Waals surface area contributed by atoms with Gasteiger partial charge in [0.25, 0.3) is 0 Å². The molecule has 9 fully saturated rings. The Bertz CT molecular complexity index is 1710. The third-order valence-corrected chi connectivity index (χ3v) is 18.7. The van der Waals surface area contributed by atoms with E-state index in [1.54, 1.807) is 0 Å². The summed E-state index contributed by atoms with van der Waals surface area (Å²) in [6, 6.07) is 0. The molecule has 5 aliphatic heterocycles. The Balaban J connectivity index is 0.970. The van der Waals surface area contributed by atoms with Crippen LogP contribution in [0.15, 0.2) is 11.6 Å². The second kappa shape index (κ2) is 16.4. The SMILES string of the molecule is CC(C)=C[C@@H]1CO[C@]23C[C@]4(CO2)[C@H](CC[C@@H]2[C@@]5(C)CC[C@H](O[C@@H]6OC[C@H](O)[C@H](O[C@@H]7O[C@H](CO)[C@@H](O)[C@H](O)[C@H]7O)[C@H]6O[C@@H]6O[C@H](CO)[C@H](O)[C@H]6O)C(C)(C)[C@@H]5CC[C@]24C)[C@H]3[C@@]1(C)O. The lowest BCUT2D eigenvalue weighted by Crippen LogP contribution is -2.68. The molecule has 0 aromatic carbocycles. The molecule has 0 radical (unpaired) electrons. The van der Waals surface area contributed by atoms with Gasteiger partial charge in [-0.15, -0.1) is 0 Å². The van der Waals surface area contributed by atoms with Gasteiger partial charge in [0.15, 0.2) is 24.7 Å². The first-order valence-electron chi connectivity index (χ1n) is 23.4. The minimum atomic E-state index is -1.79. The van der Waals surface area contributed by atoms with Crippen LogP contribution in [0.5, 0.6) is 0 Å². The maximum absolute atomic E-state index is 12.4. The Morgan fingerprint density at radius 2 is 1.32 bits per heavy atom. The van der Waals surface area contributed by atoms with E-state index >= 15 is 0 Å². The molecular weight excluding hydrogens is 824 g/mol. The van der Waals surface area contributed by atoms with Gasteiger partial charge in [0, 0.05) is 23.7 Å². The highest BCUT2D eigenvalue weighted by Gasteiger charge is 2.81. The van der Waals surface area contributed by atoms with Crippen molar-refractivity contribution < 1.29 is 83.9 Å². The molecule has 360 valence electrons. The average molecular weight is 899 g/mol. The monoisotopic (exact) mass is 898 g/mol. The first-order valence-corrected chi connectivity index (χ1v) is 23.4. The zero-order valence-electron chi connectivity index (χ0n) is 37.8. The van der Waals surface area contributed by atoms with Gasteiger partial charge < -0.3 is 83.9 Å². The Hall–Kier alpha value is -0.940. The first-order chi connectivity index (χ1) is 29.6. The molecule has 0 aromatic rings. The van der Waals surface area contributed by atoms with E-state index < -0.39 is 110 Å². The van der Waals surface area contributed by atoms with Crippen molar-refractivity contribution in [2.24, 2.45) is 51.2 Å². The molecule has 4 saturated carbocycles. The molecule has 17 nitrogen and oxygen atoms in total. The molecule has 9 rings (SSSR count). The number of aliphatic hydroxyl groups is 9. The van der Waals surface area contributed by atoms with Crippen LogP contribution < -0.4 is 0 Å². The van der Waals surface area contributed by atoms with Crippen LogP contribution in [0.2, 0.25) is 0 Å². The molecule has 0 unspecified atom stereocenters. The fourth-order valence-electron chi connectivity index (χ4n) is 15.5. The lowest BCUT2D eigenvalue weighted by atomic mass is 9.35. The number of hydrogen-bond donors (Lipinski definition) is 9. The average Bonchev–Trinajstić information content (AvgIpc) is 3.85. The third kappa shape index (κ3) is 6.95. The standard InChI is InChI=1S/C46H74O17/c1-21(2)14-22-17-57-46-19-45(20-58-46)23(37(46)44(22,7)55)8-9-28-42(5)12-11-29(41(3,4)27(42)10-13-43(28,45)6)61-40-36(63-38-33(53)31(51)26(16-48)60-38)35(24(49)18-56-40)62-39-34(54)32(52)30(50)25(15-47)59-39/h14,22-40,47-55H,8-13,15-20H2,1-7H3/t22-,23-,24+,25-,26-,27+,28-,29+,30-,31+,32+,33-,34-,35+,36-,37+,38+,39+,40+,42+,43-,44+,45+,46-/m1/s1. The van der Waals surface area contributed by atoms with Crippen molar-refractivity contribution in [3.63, 3.8) is 0 Å². The van der Waals surface area contributed by atoms with Crippen LogP contribution in [-0.4, -0.2) is 176 Å². The summed E-state index contributed by atoms with van der Waals surface area (Å²) in [6.45, 7) is 15.1. The fraction of sp³-hybridized carbons (Fsp3) is 0.957. The summed E-state index contributed by atoms with van der Waals surface area (Å²) in [4.78, 5) is 0. The van der Waals surface area contributed by atoms with Crippen molar-refractivity contribution in [2.75, 3.05) is 33.0 Å². The number of allylic oxidation sites excluding steroid dienone is 1. The van der Waals surface area contributed by atoms with Crippen molar-refractivity contribution in [3.05, 3.63) is 11.6 Å². The molecule has 4 aliphatic carbocycles. The van der Waals surface area contributed by atoms with Gasteiger partial charge in [-0.1, -0.05) is 39.3 Å². The normalized spacial score (nSPS) is 57.2. The number of ether oxygens (including phenoxy) is 8. The molecule has 2 spiro atoms. The molecule has 9 aliphatic rings. The van der Waals surface area contributed by atoms with Crippen LogP contribution in [0.1, 0.15) is 93.4 Å².